The van der Waals surface area contributed by atoms with Crippen LogP contribution in [0.2, 0.25) is 0 Å². The van der Waals surface area contributed by atoms with E-state index in [0.717, 1.165) is 0 Å². The van der Waals surface area contributed by atoms with E-state index in [1.54, 1.807) is 60.7 Å². The number of aliphatic hydroxyl groups is 1. The predicted octanol–water partition coefficient (Wildman–Crippen LogP) is 4.26. The van der Waals surface area contributed by atoms with Crippen molar-refractivity contribution in [2.45, 2.75) is 13.0 Å². The number of benzene rings is 3. The van der Waals surface area contributed by atoms with Crippen LogP contribution in [0.4, 0.5) is 5.69 Å². The third-order valence-electron chi connectivity index (χ3n) is 5.90. The maximum absolute atomic E-state index is 13.4. The Kier molecular flexibility index (Phi) is 7.15. The van der Waals surface area contributed by atoms with Crippen LogP contribution in [-0.2, 0) is 14.4 Å². The Bertz CT molecular complexity index is 1390. The van der Waals surface area contributed by atoms with Crippen LogP contribution in [0.3, 0.4) is 0 Å². The molecule has 0 spiro atoms. The molecular weight excluding hydrogens is 478 g/mol. The van der Waals surface area contributed by atoms with Gasteiger partial charge in [-0.3, -0.25) is 19.3 Å². The Hall–Kier alpha value is -4.79. The Balaban J connectivity index is 1.95. The Morgan fingerprint density at radius 2 is 1.49 bits per heavy atom. The summed E-state index contributed by atoms with van der Waals surface area (Å²) in [7, 11) is 4.39. The predicted molar refractivity (Wildman–Crippen MR) is 135 cm³/mol. The second kappa shape index (κ2) is 10.4. The van der Waals surface area contributed by atoms with Crippen molar-refractivity contribution < 1.29 is 38.4 Å². The summed E-state index contributed by atoms with van der Waals surface area (Å²) < 4.78 is 21.1. The van der Waals surface area contributed by atoms with E-state index in [-0.39, 0.29) is 16.9 Å². The lowest BCUT2D eigenvalue weighted by atomic mass is 9.94. The molecule has 1 fully saturated rings. The lowest BCUT2D eigenvalue weighted by Gasteiger charge is -2.26. The molecule has 3 aromatic rings. The van der Waals surface area contributed by atoms with Gasteiger partial charge in [0.1, 0.15) is 28.8 Å². The monoisotopic (exact) mass is 503 g/mol. The zero-order chi connectivity index (χ0) is 26.7. The molecule has 37 heavy (non-hydrogen) atoms. The van der Waals surface area contributed by atoms with Gasteiger partial charge in [-0.05, 0) is 48.0 Å². The van der Waals surface area contributed by atoms with Crippen LogP contribution in [0, 0.1) is 0 Å². The lowest BCUT2D eigenvalue weighted by Crippen LogP contribution is -2.29. The number of ether oxygens (including phenoxy) is 4. The average molecular weight is 504 g/mol. The molecule has 0 aliphatic carbocycles. The number of rotatable bonds is 7. The number of ketones is 1. The minimum atomic E-state index is -1.01. The van der Waals surface area contributed by atoms with Crippen molar-refractivity contribution in [1.82, 2.24) is 0 Å². The first-order chi connectivity index (χ1) is 17.8. The number of hydrogen-bond donors (Lipinski definition) is 1. The van der Waals surface area contributed by atoms with Gasteiger partial charge in [0, 0.05) is 18.7 Å². The van der Waals surface area contributed by atoms with Gasteiger partial charge in [-0.2, -0.15) is 0 Å². The molecule has 9 heteroatoms. The first-order valence-corrected chi connectivity index (χ1v) is 11.2. The molecule has 0 radical (unpaired) electrons. The van der Waals surface area contributed by atoms with Crippen LogP contribution in [0.25, 0.3) is 5.76 Å². The highest BCUT2D eigenvalue weighted by atomic mass is 16.5. The highest BCUT2D eigenvalue weighted by Gasteiger charge is 2.47. The van der Waals surface area contributed by atoms with Crippen molar-refractivity contribution >= 4 is 29.1 Å². The molecule has 3 aromatic carbocycles. The molecule has 0 bridgehead atoms. The molecule has 0 aromatic heterocycles. The SMILES string of the molecule is COc1cccc(N2C(=O)C(=O)/C(=C(/O)c3cc(OC)ccc3OC)C2c2ccc(OC(C)=O)cc2)c1. The molecule has 1 N–H and O–H groups in total. The van der Waals surface area contributed by atoms with Crippen molar-refractivity contribution in [3.8, 4) is 23.0 Å². The normalized spacial score (nSPS) is 16.4. The van der Waals surface area contributed by atoms with E-state index in [9.17, 15) is 19.5 Å². The van der Waals surface area contributed by atoms with E-state index in [1.807, 2.05) is 0 Å². The maximum Gasteiger partial charge on any atom is 0.308 e. The standard InChI is InChI=1S/C28H25NO8/c1-16(30)37-19-10-8-17(9-11-19)25-24(26(31)22-15-21(35-3)12-13-23(22)36-4)27(32)28(33)29(25)18-6-5-7-20(14-18)34-2/h5-15,25,31H,1-4H3/b26-24+. The van der Waals surface area contributed by atoms with Crippen LogP contribution in [0.5, 0.6) is 23.0 Å². The van der Waals surface area contributed by atoms with Crippen LogP contribution in [0.1, 0.15) is 24.1 Å². The summed E-state index contributed by atoms with van der Waals surface area (Å²) in [6.07, 6.45) is 0. The van der Waals surface area contributed by atoms with E-state index in [2.05, 4.69) is 0 Å². The van der Waals surface area contributed by atoms with Crippen LogP contribution < -0.4 is 23.8 Å². The highest BCUT2D eigenvalue weighted by molar-refractivity contribution is 6.51. The summed E-state index contributed by atoms with van der Waals surface area (Å²) in [5, 5.41) is 11.5. The van der Waals surface area contributed by atoms with Gasteiger partial charge in [0.15, 0.2) is 0 Å². The molecule has 4 rings (SSSR count). The highest BCUT2D eigenvalue weighted by Crippen LogP contribution is 2.44. The molecule has 1 unspecified atom stereocenters. The van der Waals surface area contributed by atoms with Gasteiger partial charge in [0.05, 0.1) is 38.5 Å². The number of aliphatic hydroxyl groups excluding tert-OH is 1. The first kappa shape index (κ1) is 25.3. The molecule has 1 aliphatic heterocycles. The largest absolute Gasteiger partial charge is 0.507 e. The summed E-state index contributed by atoms with van der Waals surface area (Å²) in [6, 6.07) is 16.8. The molecule has 0 saturated carbocycles. The summed E-state index contributed by atoms with van der Waals surface area (Å²) >= 11 is 0. The Labute approximate surface area is 213 Å². The summed E-state index contributed by atoms with van der Waals surface area (Å²) in [5.41, 5.74) is 0.945. The molecular formula is C28H25NO8. The van der Waals surface area contributed by atoms with Gasteiger partial charge in [-0.1, -0.05) is 18.2 Å². The van der Waals surface area contributed by atoms with E-state index in [1.165, 1.54) is 39.2 Å². The number of carbonyl (C=O) groups excluding carboxylic acids is 3. The zero-order valence-electron chi connectivity index (χ0n) is 20.7. The second-order valence-electron chi connectivity index (χ2n) is 8.10. The minimum Gasteiger partial charge on any atom is -0.507 e. The van der Waals surface area contributed by atoms with E-state index in [4.69, 9.17) is 18.9 Å². The number of methoxy groups -OCH3 is 3. The number of esters is 1. The lowest BCUT2D eigenvalue weighted by molar-refractivity contribution is -0.132. The molecule has 1 saturated heterocycles. The van der Waals surface area contributed by atoms with Gasteiger partial charge in [0.25, 0.3) is 11.7 Å². The van der Waals surface area contributed by atoms with Gasteiger partial charge >= 0.3 is 5.97 Å². The fourth-order valence-corrected chi connectivity index (χ4v) is 4.20. The molecule has 1 heterocycles. The summed E-state index contributed by atoms with van der Waals surface area (Å²) in [4.78, 5) is 39.5. The zero-order valence-corrected chi connectivity index (χ0v) is 20.7. The van der Waals surface area contributed by atoms with Crippen molar-refractivity contribution in [1.29, 1.82) is 0 Å². The van der Waals surface area contributed by atoms with Gasteiger partial charge in [0.2, 0.25) is 0 Å². The summed E-state index contributed by atoms with van der Waals surface area (Å²) in [5.74, 6) is -1.12. The van der Waals surface area contributed by atoms with Gasteiger partial charge in [-0.15, -0.1) is 0 Å². The smallest absolute Gasteiger partial charge is 0.308 e. The van der Waals surface area contributed by atoms with Crippen LogP contribution in [0.15, 0.2) is 72.3 Å². The fourth-order valence-electron chi connectivity index (χ4n) is 4.20. The minimum absolute atomic E-state index is 0.139. The Morgan fingerprint density at radius 3 is 2.11 bits per heavy atom. The van der Waals surface area contributed by atoms with E-state index < -0.39 is 29.5 Å². The van der Waals surface area contributed by atoms with Crippen LogP contribution >= 0.6 is 0 Å². The van der Waals surface area contributed by atoms with E-state index >= 15 is 0 Å². The third-order valence-corrected chi connectivity index (χ3v) is 5.90. The van der Waals surface area contributed by atoms with Gasteiger partial charge in [-0.25, -0.2) is 0 Å². The Morgan fingerprint density at radius 1 is 0.838 bits per heavy atom. The van der Waals surface area contributed by atoms with Crippen molar-refractivity contribution in [2.24, 2.45) is 0 Å². The maximum atomic E-state index is 13.4. The van der Waals surface area contributed by atoms with Crippen LogP contribution in [-0.4, -0.2) is 44.1 Å². The fraction of sp³-hybridized carbons (Fsp3) is 0.179. The topological polar surface area (TPSA) is 112 Å². The molecule has 190 valence electrons. The van der Waals surface area contributed by atoms with Crippen molar-refractivity contribution in [3.63, 3.8) is 0 Å². The second-order valence-corrected chi connectivity index (χ2v) is 8.10. The quantitative estimate of drug-likeness (QED) is 0.167. The average Bonchev–Trinajstić information content (AvgIpc) is 3.18. The first-order valence-electron chi connectivity index (χ1n) is 11.2. The number of nitrogens with zero attached hydrogens (tertiary/aromatic N) is 1. The van der Waals surface area contributed by atoms with Crippen molar-refractivity contribution in [2.75, 3.05) is 26.2 Å². The third kappa shape index (κ3) is 4.84. The van der Waals surface area contributed by atoms with E-state index in [0.29, 0.717) is 28.5 Å². The molecule has 1 atom stereocenters. The number of carbonyl (C=O) groups is 3. The molecule has 9 nitrogen and oxygen atoms in total. The summed E-state index contributed by atoms with van der Waals surface area (Å²) in [6.45, 7) is 1.28. The van der Waals surface area contributed by atoms with Crippen molar-refractivity contribution in [3.05, 3.63) is 83.4 Å². The molecule has 1 aliphatic rings. The number of Topliss-reactive ketones (excluding diaryl/α,β-unsaturated/α-hetero) is 1. The van der Waals surface area contributed by atoms with Gasteiger partial charge < -0.3 is 24.1 Å². The molecule has 1 amide bonds. The number of hydrogen-bond acceptors (Lipinski definition) is 8. The number of amides is 1. The number of anilines is 1.